The van der Waals surface area contributed by atoms with Crippen molar-refractivity contribution in [3.63, 3.8) is 0 Å². The van der Waals surface area contributed by atoms with Crippen molar-refractivity contribution in [2.24, 2.45) is 5.16 Å². The normalized spacial score (nSPS) is 12.0. The first-order valence-corrected chi connectivity index (χ1v) is 6.29. The average molecular weight is 248 g/mol. The second-order valence-electron chi connectivity index (χ2n) is 3.59. The molecular weight excluding hydrogens is 236 g/mol. The third-order valence-corrected chi connectivity index (χ3v) is 3.30. The Morgan fingerprint density at radius 3 is 2.76 bits per heavy atom. The predicted molar refractivity (Wildman–Crippen MR) is 70.3 cm³/mol. The van der Waals surface area contributed by atoms with Crippen molar-refractivity contribution in [3.8, 4) is 0 Å². The van der Waals surface area contributed by atoms with Crippen LogP contribution in [0.15, 0.2) is 39.2 Å². The molecule has 0 aliphatic rings. The number of rotatable bonds is 2. The third kappa shape index (κ3) is 1.93. The lowest BCUT2D eigenvalue weighted by atomic mass is 10.1. The van der Waals surface area contributed by atoms with E-state index < -0.39 is 0 Å². The van der Waals surface area contributed by atoms with Gasteiger partial charge in [-0.05, 0) is 25.3 Å². The van der Waals surface area contributed by atoms with Crippen LogP contribution in [-0.2, 0) is 0 Å². The quantitative estimate of drug-likeness (QED) is 0.371. The second kappa shape index (κ2) is 4.63. The first-order valence-electron chi connectivity index (χ1n) is 5.07. The minimum Gasteiger partial charge on any atom is -0.411 e. The first-order chi connectivity index (χ1) is 8.19. The molecule has 17 heavy (non-hydrogen) atoms. The topological polar surface area (TPSA) is 65.5 Å². The van der Waals surface area contributed by atoms with Gasteiger partial charge in [0.25, 0.3) is 0 Å². The standard InChI is InChI=1S/C12H12N2O2S/c1-7(14-16)10-11(15)8-5-3-4-6-9(8)13-12(10)17-2/h3-6,16H,1-2H3,(H,13,15)/b14-7+. The van der Waals surface area contributed by atoms with Crippen molar-refractivity contribution in [2.45, 2.75) is 11.9 Å². The number of pyridine rings is 1. The number of hydrogen-bond donors (Lipinski definition) is 2. The van der Waals surface area contributed by atoms with E-state index in [-0.39, 0.29) is 5.43 Å². The highest BCUT2D eigenvalue weighted by Gasteiger charge is 2.13. The number of nitrogens with one attached hydrogen (secondary N) is 1. The molecule has 0 bridgehead atoms. The van der Waals surface area contributed by atoms with Gasteiger partial charge in [0.2, 0.25) is 0 Å². The summed E-state index contributed by atoms with van der Waals surface area (Å²) < 4.78 is 0. The molecular formula is C12H12N2O2S. The maximum absolute atomic E-state index is 12.3. The van der Waals surface area contributed by atoms with E-state index in [1.165, 1.54) is 11.8 Å². The minimum atomic E-state index is -0.112. The lowest BCUT2D eigenvalue weighted by Gasteiger charge is -2.07. The Kier molecular flexibility index (Phi) is 3.19. The van der Waals surface area contributed by atoms with E-state index in [0.29, 0.717) is 21.7 Å². The summed E-state index contributed by atoms with van der Waals surface area (Å²) in [6.07, 6.45) is 1.87. The van der Waals surface area contributed by atoms with E-state index in [1.807, 2.05) is 24.5 Å². The van der Waals surface area contributed by atoms with Gasteiger partial charge in [0, 0.05) is 5.39 Å². The first kappa shape index (κ1) is 11.7. The molecule has 0 aliphatic carbocycles. The Hall–Kier alpha value is -1.75. The van der Waals surface area contributed by atoms with Crippen LogP contribution in [0.3, 0.4) is 0 Å². The van der Waals surface area contributed by atoms with E-state index in [4.69, 9.17) is 5.21 Å². The van der Waals surface area contributed by atoms with Crippen molar-refractivity contribution in [1.82, 2.24) is 4.98 Å². The zero-order valence-electron chi connectivity index (χ0n) is 9.52. The van der Waals surface area contributed by atoms with E-state index in [1.54, 1.807) is 13.0 Å². The number of para-hydroxylation sites is 1. The number of nitrogens with zero attached hydrogens (tertiary/aromatic N) is 1. The molecule has 0 atom stereocenters. The Morgan fingerprint density at radius 2 is 2.12 bits per heavy atom. The van der Waals surface area contributed by atoms with Gasteiger partial charge in [0.05, 0.1) is 21.8 Å². The molecule has 0 aliphatic heterocycles. The fourth-order valence-corrected chi connectivity index (χ4v) is 2.40. The van der Waals surface area contributed by atoms with Crippen molar-refractivity contribution < 1.29 is 5.21 Å². The van der Waals surface area contributed by atoms with Crippen LogP contribution in [0.2, 0.25) is 0 Å². The summed E-state index contributed by atoms with van der Waals surface area (Å²) in [5, 5.41) is 13.3. The van der Waals surface area contributed by atoms with Gasteiger partial charge in [-0.2, -0.15) is 0 Å². The fraction of sp³-hybridized carbons (Fsp3) is 0.167. The molecule has 0 saturated carbocycles. The van der Waals surface area contributed by atoms with E-state index in [9.17, 15) is 4.79 Å². The molecule has 2 N–H and O–H groups in total. The van der Waals surface area contributed by atoms with Gasteiger partial charge in [-0.1, -0.05) is 17.3 Å². The molecule has 0 fully saturated rings. The van der Waals surface area contributed by atoms with Crippen molar-refractivity contribution in [1.29, 1.82) is 0 Å². The van der Waals surface area contributed by atoms with Crippen LogP contribution in [0, 0.1) is 0 Å². The highest BCUT2D eigenvalue weighted by molar-refractivity contribution is 7.98. The van der Waals surface area contributed by atoms with Crippen LogP contribution in [0.25, 0.3) is 10.9 Å². The Balaban J connectivity index is 2.91. The molecule has 0 unspecified atom stereocenters. The lowest BCUT2D eigenvalue weighted by molar-refractivity contribution is 0.319. The Bertz CT molecular complexity index is 646. The zero-order chi connectivity index (χ0) is 12.4. The van der Waals surface area contributed by atoms with Gasteiger partial charge in [-0.15, -0.1) is 11.8 Å². The highest BCUT2D eigenvalue weighted by atomic mass is 32.2. The van der Waals surface area contributed by atoms with Crippen molar-refractivity contribution in [2.75, 3.05) is 6.26 Å². The average Bonchev–Trinajstić information content (AvgIpc) is 2.37. The summed E-state index contributed by atoms with van der Waals surface area (Å²) in [5.74, 6) is 0. The van der Waals surface area contributed by atoms with Crippen LogP contribution >= 0.6 is 11.8 Å². The molecule has 2 rings (SSSR count). The van der Waals surface area contributed by atoms with Gasteiger partial charge in [-0.25, -0.2) is 0 Å². The second-order valence-corrected chi connectivity index (χ2v) is 4.41. The fourth-order valence-electron chi connectivity index (χ4n) is 1.74. The zero-order valence-corrected chi connectivity index (χ0v) is 10.3. The molecule has 0 spiro atoms. The SMILES string of the molecule is CSc1[nH]c2ccccc2c(=O)c1/C(C)=N/O. The maximum atomic E-state index is 12.3. The maximum Gasteiger partial charge on any atom is 0.199 e. The molecule has 88 valence electrons. The van der Waals surface area contributed by atoms with Crippen LogP contribution in [0.5, 0.6) is 0 Å². The van der Waals surface area contributed by atoms with Gasteiger partial charge < -0.3 is 10.2 Å². The Morgan fingerprint density at radius 1 is 1.41 bits per heavy atom. The molecule has 0 saturated heterocycles. The number of thioether (sulfide) groups is 1. The third-order valence-electron chi connectivity index (χ3n) is 2.59. The molecule has 1 aromatic carbocycles. The smallest absolute Gasteiger partial charge is 0.199 e. The van der Waals surface area contributed by atoms with Crippen LogP contribution < -0.4 is 5.43 Å². The molecule has 1 aromatic heterocycles. The number of fused-ring (bicyclic) bond motifs is 1. The monoisotopic (exact) mass is 248 g/mol. The molecule has 0 radical (unpaired) electrons. The molecule has 1 heterocycles. The highest BCUT2D eigenvalue weighted by Crippen LogP contribution is 2.19. The molecule has 2 aromatic rings. The number of H-pyrrole nitrogens is 1. The summed E-state index contributed by atoms with van der Waals surface area (Å²) in [6, 6.07) is 7.29. The van der Waals surface area contributed by atoms with Gasteiger partial charge in [0.1, 0.15) is 0 Å². The predicted octanol–water partition coefficient (Wildman–Crippen LogP) is 2.45. The summed E-state index contributed by atoms with van der Waals surface area (Å²) in [7, 11) is 0. The Labute approximate surface area is 102 Å². The number of oxime groups is 1. The van der Waals surface area contributed by atoms with E-state index >= 15 is 0 Å². The number of aromatic nitrogens is 1. The van der Waals surface area contributed by atoms with E-state index in [2.05, 4.69) is 10.1 Å². The van der Waals surface area contributed by atoms with Crippen LogP contribution in [0.1, 0.15) is 12.5 Å². The molecule has 0 amide bonds. The molecule has 4 nitrogen and oxygen atoms in total. The van der Waals surface area contributed by atoms with Crippen molar-refractivity contribution in [3.05, 3.63) is 40.1 Å². The van der Waals surface area contributed by atoms with Crippen LogP contribution in [0.4, 0.5) is 0 Å². The summed E-state index contributed by atoms with van der Waals surface area (Å²) >= 11 is 1.42. The lowest BCUT2D eigenvalue weighted by Crippen LogP contribution is -2.16. The number of hydrogen-bond acceptors (Lipinski definition) is 4. The van der Waals surface area contributed by atoms with E-state index in [0.717, 1.165) is 5.52 Å². The van der Waals surface area contributed by atoms with Gasteiger partial charge in [-0.3, -0.25) is 4.79 Å². The van der Waals surface area contributed by atoms with Gasteiger partial charge >= 0.3 is 0 Å². The van der Waals surface area contributed by atoms with Gasteiger partial charge in [0.15, 0.2) is 5.43 Å². The summed E-state index contributed by atoms with van der Waals surface area (Å²) in [4.78, 5) is 15.5. The summed E-state index contributed by atoms with van der Waals surface area (Å²) in [5.41, 5.74) is 1.43. The van der Waals surface area contributed by atoms with Crippen LogP contribution in [-0.4, -0.2) is 22.2 Å². The number of aromatic amines is 1. The number of benzene rings is 1. The molecule has 5 heteroatoms. The minimum absolute atomic E-state index is 0.112. The largest absolute Gasteiger partial charge is 0.411 e. The summed E-state index contributed by atoms with van der Waals surface area (Å²) in [6.45, 7) is 1.61. The van der Waals surface area contributed by atoms with Crippen molar-refractivity contribution >= 4 is 28.4 Å².